The second-order valence-corrected chi connectivity index (χ2v) is 4.83. The lowest BCUT2D eigenvalue weighted by atomic mass is 9.77. The molecule has 2 nitrogen and oxygen atoms in total. The SMILES string of the molecule is CCC(CC#N)C(=O)C1CCC(C)CC1. The molecule has 1 aliphatic carbocycles. The Morgan fingerprint density at radius 3 is 2.47 bits per heavy atom. The maximum Gasteiger partial charge on any atom is 0.140 e. The van der Waals surface area contributed by atoms with E-state index in [0.29, 0.717) is 12.2 Å². The molecule has 0 spiro atoms. The van der Waals surface area contributed by atoms with E-state index in [9.17, 15) is 4.79 Å². The van der Waals surface area contributed by atoms with Crippen molar-refractivity contribution in [3.05, 3.63) is 0 Å². The van der Waals surface area contributed by atoms with Crippen LogP contribution in [-0.4, -0.2) is 5.78 Å². The first-order chi connectivity index (χ1) is 7.19. The van der Waals surface area contributed by atoms with Gasteiger partial charge in [-0.05, 0) is 25.2 Å². The Hall–Kier alpha value is -0.840. The zero-order chi connectivity index (χ0) is 11.3. The van der Waals surface area contributed by atoms with Crippen LogP contribution in [0.3, 0.4) is 0 Å². The van der Waals surface area contributed by atoms with E-state index in [1.165, 1.54) is 12.8 Å². The van der Waals surface area contributed by atoms with Gasteiger partial charge in [0.15, 0.2) is 0 Å². The maximum atomic E-state index is 12.1. The van der Waals surface area contributed by atoms with Gasteiger partial charge in [-0.15, -0.1) is 0 Å². The lowest BCUT2D eigenvalue weighted by molar-refractivity contribution is -0.128. The van der Waals surface area contributed by atoms with Crippen LogP contribution in [0.5, 0.6) is 0 Å². The van der Waals surface area contributed by atoms with Crippen molar-refractivity contribution in [1.29, 1.82) is 5.26 Å². The second-order valence-electron chi connectivity index (χ2n) is 4.83. The number of carbonyl (C=O) groups is 1. The summed E-state index contributed by atoms with van der Waals surface area (Å²) in [5.74, 6) is 1.38. The van der Waals surface area contributed by atoms with Crippen LogP contribution in [-0.2, 0) is 4.79 Å². The quantitative estimate of drug-likeness (QED) is 0.709. The van der Waals surface area contributed by atoms with Gasteiger partial charge in [0, 0.05) is 18.3 Å². The summed E-state index contributed by atoms with van der Waals surface area (Å²) < 4.78 is 0. The Bertz CT molecular complexity index is 246. The smallest absolute Gasteiger partial charge is 0.140 e. The van der Waals surface area contributed by atoms with Gasteiger partial charge in [0.1, 0.15) is 5.78 Å². The van der Waals surface area contributed by atoms with Crippen molar-refractivity contribution in [2.75, 3.05) is 0 Å². The van der Waals surface area contributed by atoms with Gasteiger partial charge in [0.25, 0.3) is 0 Å². The first kappa shape index (κ1) is 12.2. The lowest BCUT2D eigenvalue weighted by Gasteiger charge is -2.27. The van der Waals surface area contributed by atoms with E-state index in [-0.39, 0.29) is 11.8 Å². The van der Waals surface area contributed by atoms with Gasteiger partial charge in [-0.3, -0.25) is 4.79 Å². The van der Waals surface area contributed by atoms with E-state index in [4.69, 9.17) is 5.26 Å². The molecule has 1 rings (SSSR count). The van der Waals surface area contributed by atoms with Gasteiger partial charge in [-0.2, -0.15) is 5.26 Å². The highest BCUT2D eigenvalue weighted by Crippen LogP contribution is 2.31. The molecule has 0 aromatic rings. The van der Waals surface area contributed by atoms with Crippen LogP contribution in [0, 0.1) is 29.1 Å². The van der Waals surface area contributed by atoms with Crippen molar-refractivity contribution >= 4 is 5.78 Å². The van der Waals surface area contributed by atoms with Crippen molar-refractivity contribution in [3.8, 4) is 6.07 Å². The Morgan fingerprint density at radius 1 is 1.40 bits per heavy atom. The number of rotatable bonds is 4. The zero-order valence-electron chi connectivity index (χ0n) is 9.83. The second kappa shape index (κ2) is 5.90. The Kier molecular flexibility index (Phi) is 4.81. The lowest BCUT2D eigenvalue weighted by Crippen LogP contribution is -2.26. The normalized spacial score (nSPS) is 28.1. The molecule has 0 amide bonds. The summed E-state index contributed by atoms with van der Waals surface area (Å²) >= 11 is 0. The molecule has 2 heteroatoms. The minimum absolute atomic E-state index is 0.00611. The molecule has 0 N–H and O–H groups in total. The number of nitriles is 1. The highest BCUT2D eigenvalue weighted by molar-refractivity contribution is 5.83. The number of carbonyl (C=O) groups excluding carboxylic acids is 1. The molecule has 0 bridgehead atoms. The van der Waals surface area contributed by atoms with Crippen LogP contribution in [0.4, 0.5) is 0 Å². The van der Waals surface area contributed by atoms with Crippen molar-refractivity contribution < 1.29 is 4.79 Å². The zero-order valence-corrected chi connectivity index (χ0v) is 9.83. The van der Waals surface area contributed by atoms with E-state index in [2.05, 4.69) is 13.0 Å². The van der Waals surface area contributed by atoms with E-state index in [1.807, 2.05) is 6.92 Å². The molecule has 1 aliphatic rings. The van der Waals surface area contributed by atoms with Crippen LogP contribution in [0.25, 0.3) is 0 Å². The summed E-state index contributed by atoms with van der Waals surface area (Å²) in [5, 5.41) is 8.65. The van der Waals surface area contributed by atoms with Gasteiger partial charge in [0.2, 0.25) is 0 Å². The van der Waals surface area contributed by atoms with Crippen molar-refractivity contribution in [2.45, 2.75) is 52.4 Å². The Labute approximate surface area is 92.7 Å². The topological polar surface area (TPSA) is 40.9 Å². The molecular formula is C13H21NO. The van der Waals surface area contributed by atoms with Crippen LogP contribution >= 0.6 is 0 Å². The fourth-order valence-electron chi connectivity index (χ4n) is 2.43. The number of hydrogen-bond donors (Lipinski definition) is 0. The molecule has 0 aromatic heterocycles. The Morgan fingerprint density at radius 2 is 2.00 bits per heavy atom. The highest BCUT2D eigenvalue weighted by atomic mass is 16.1. The van der Waals surface area contributed by atoms with E-state index in [1.54, 1.807) is 0 Å². The monoisotopic (exact) mass is 207 g/mol. The van der Waals surface area contributed by atoms with Gasteiger partial charge in [0.05, 0.1) is 6.07 Å². The van der Waals surface area contributed by atoms with E-state index >= 15 is 0 Å². The van der Waals surface area contributed by atoms with Gasteiger partial charge < -0.3 is 0 Å². The maximum absolute atomic E-state index is 12.1. The fraction of sp³-hybridized carbons (Fsp3) is 0.846. The van der Waals surface area contributed by atoms with Crippen LogP contribution in [0.2, 0.25) is 0 Å². The van der Waals surface area contributed by atoms with Gasteiger partial charge >= 0.3 is 0 Å². The molecule has 0 aliphatic heterocycles. The Balaban J connectivity index is 2.48. The number of hydrogen-bond acceptors (Lipinski definition) is 2. The molecule has 0 aromatic carbocycles. The van der Waals surface area contributed by atoms with Crippen LogP contribution < -0.4 is 0 Å². The molecule has 1 fully saturated rings. The summed E-state index contributed by atoms with van der Waals surface area (Å²) in [4.78, 5) is 12.1. The minimum atomic E-state index is -0.00611. The molecule has 1 saturated carbocycles. The van der Waals surface area contributed by atoms with Crippen molar-refractivity contribution in [2.24, 2.45) is 17.8 Å². The molecule has 84 valence electrons. The van der Waals surface area contributed by atoms with E-state index in [0.717, 1.165) is 25.2 Å². The number of ketones is 1. The molecule has 0 radical (unpaired) electrons. The highest BCUT2D eigenvalue weighted by Gasteiger charge is 2.28. The number of Topliss-reactive ketones (excluding diaryl/α,β-unsaturated/α-hetero) is 1. The minimum Gasteiger partial charge on any atom is -0.299 e. The third-order valence-electron chi connectivity index (χ3n) is 3.65. The fourth-order valence-corrected chi connectivity index (χ4v) is 2.43. The summed E-state index contributed by atoms with van der Waals surface area (Å²) in [7, 11) is 0. The summed E-state index contributed by atoms with van der Waals surface area (Å²) in [6.45, 7) is 4.26. The average molecular weight is 207 g/mol. The van der Waals surface area contributed by atoms with Crippen LogP contribution in [0.1, 0.15) is 52.4 Å². The molecule has 1 unspecified atom stereocenters. The third kappa shape index (κ3) is 3.34. The average Bonchev–Trinajstić information content (AvgIpc) is 2.26. The predicted octanol–water partition coefficient (Wildman–Crippen LogP) is 3.32. The standard InChI is InChI=1S/C13H21NO/c1-3-11(8-9-14)13(15)12-6-4-10(2)5-7-12/h10-12H,3-8H2,1-2H3. The van der Waals surface area contributed by atoms with Crippen LogP contribution in [0.15, 0.2) is 0 Å². The van der Waals surface area contributed by atoms with Gasteiger partial charge in [-0.25, -0.2) is 0 Å². The number of nitrogens with zero attached hydrogens (tertiary/aromatic N) is 1. The molecule has 0 heterocycles. The molecule has 0 saturated heterocycles. The summed E-state index contributed by atoms with van der Waals surface area (Å²) in [6.07, 6.45) is 5.67. The molecule has 1 atom stereocenters. The van der Waals surface area contributed by atoms with E-state index < -0.39 is 0 Å². The predicted molar refractivity (Wildman–Crippen MR) is 60.1 cm³/mol. The first-order valence-electron chi connectivity index (χ1n) is 6.09. The molecular weight excluding hydrogens is 186 g/mol. The first-order valence-corrected chi connectivity index (χ1v) is 6.09. The summed E-state index contributed by atoms with van der Waals surface area (Å²) in [5.41, 5.74) is 0. The van der Waals surface area contributed by atoms with Crippen molar-refractivity contribution in [3.63, 3.8) is 0 Å². The largest absolute Gasteiger partial charge is 0.299 e. The molecule has 15 heavy (non-hydrogen) atoms. The van der Waals surface area contributed by atoms with Gasteiger partial charge in [-0.1, -0.05) is 26.7 Å². The summed E-state index contributed by atoms with van der Waals surface area (Å²) in [6, 6.07) is 2.13. The third-order valence-corrected chi connectivity index (χ3v) is 3.65. The van der Waals surface area contributed by atoms with Crippen molar-refractivity contribution in [1.82, 2.24) is 0 Å².